The van der Waals surface area contributed by atoms with Crippen LogP contribution in [0.1, 0.15) is 37.3 Å². The Morgan fingerprint density at radius 1 is 1.13 bits per heavy atom. The molecule has 1 aromatic rings. The first-order chi connectivity index (χ1) is 7.29. The quantitative estimate of drug-likeness (QED) is 0.674. The molecular weight excluding hydrogens is 182 g/mol. The largest absolute Gasteiger partial charge is 0.299 e. The molecule has 1 saturated carbocycles. The molecule has 0 radical (unpaired) electrons. The van der Waals surface area contributed by atoms with Crippen molar-refractivity contribution in [1.82, 2.24) is 4.90 Å². The molecule has 0 bridgehead atoms. The summed E-state index contributed by atoms with van der Waals surface area (Å²) in [5.41, 5.74) is 2.25. The van der Waals surface area contributed by atoms with Crippen LogP contribution in [0.5, 0.6) is 0 Å². The van der Waals surface area contributed by atoms with Crippen molar-refractivity contribution in [3.63, 3.8) is 0 Å². The Kier molecular flexibility index (Phi) is 2.10. The molecule has 1 aliphatic heterocycles. The Hall–Kier alpha value is -0.820. The van der Waals surface area contributed by atoms with Gasteiger partial charge in [0.1, 0.15) is 0 Å². The van der Waals surface area contributed by atoms with E-state index in [0.717, 1.165) is 5.41 Å². The average Bonchev–Trinajstić information content (AvgIpc) is 3.04. The zero-order chi connectivity index (χ0) is 10.3. The van der Waals surface area contributed by atoms with Gasteiger partial charge in [0.2, 0.25) is 0 Å². The zero-order valence-electron chi connectivity index (χ0n) is 9.45. The molecule has 1 aromatic carbocycles. The standard InChI is InChI=1S/C14H19N/c1-15-10-9-14(7-8-14)11-13(15)12-5-3-2-4-6-12/h2-6,13H,7-11H2,1H3/t13-/m0/s1. The second-order valence-electron chi connectivity index (χ2n) is 5.36. The third-order valence-electron chi connectivity index (χ3n) is 4.29. The predicted octanol–water partition coefficient (Wildman–Crippen LogP) is 3.23. The Labute approximate surface area is 92.1 Å². The summed E-state index contributed by atoms with van der Waals surface area (Å²) in [7, 11) is 2.27. The molecule has 15 heavy (non-hydrogen) atoms. The van der Waals surface area contributed by atoms with Gasteiger partial charge >= 0.3 is 0 Å². The second-order valence-corrected chi connectivity index (χ2v) is 5.36. The smallest absolute Gasteiger partial charge is 0.0350 e. The van der Waals surface area contributed by atoms with Crippen molar-refractivity contribution in [2.75, 3.05) is 13.6 Å². The van der Waals surface area contributed by atoms with Crippen molar-refractivity contribution in [3.05, 3.63) is 35.9 Å². The van der Waals surface area contributed by atoms with E-state index in [1.54, 1.807) is 0 Å². The van der Waals surface area contributed by atoms with Gasteiger partial charge in [0.15, 0.2) is 0 Å². The first-order valence-corrected chi connectivity index (χ1v) is 6.04. The molecule has 0 aromatic heterocycles. The van der Waals surface area contributed by atoms with Crippen LogP contribution in [0.3, 0.4) is 0 Å². The number of nitrogens with zero attached hydrogens (tertiary/aromatic N) is 1. The lowest BCUT2D eigenvalue weighted by Crippen LogP contribution is -2.34. The van der Waals surface area contributed by atoms with Crippen molar-refractivity contribution >= 4 is 0 Å². The van der Waals surface area contributed by atoms with Gasteiger partial charge in [-0.3, -0.25) is 4.90 Å². The molecule has 0 amide bonds. The molecule has 0 N–H and O–H groups in total. The van der Waals surface area contributed by atoms with E-state index in [4.69, 9.17) is 0 Å². The maximum Gasteiger partial charge on any atom is 0.0350 e. The van der Waals surface area contributed by atoms with Crippen molar-refractivity contribution < 1.29 is 0 Å². The molecular formula is C14H19N. The highest BCUT2D eigenvalue weighted by molar-refractivity contribution is 5.21. The molecule has 1 heteroatoms. The van der Waals surface area contributed by atoms with E-state index in [9.17, 15) is 0 Å². The second kappa shape index (κ2) is 3.34. The zero-order valence-corrected chi connectivity index (χ0v) is 9.45. The minimum atomic E-state index is 0.669. The monoisotopic (exact) mass is 201 g/mol. The predicted molar refractivity (Wildman–Crippen MR) is 62.7 cm³/mol. The van der Waals surface area contributed by atoms with Crippen LogP contribution >= 0.6 is 0 Å². The fourth-order valence-electron chi connectivity index (χ4n) is 2.92. The summed E-state index contributed by atoms with van der Waals surface area (Å²) in [6.07, 6.45) is 5.76. The van der Waals surface area contributed by atoms with Crippen LogP contribution < -0.4 is 0 Å². The maximum atomic E-state index is 2.53. The molecule has 1 aliphatic carbocycles. The van der Waals surface area contributed by atoms with Gasteiger partial charge in [0.25, 0.3) is 0 Å². The minimum absolute atomic E-state index is 0.669. The Balaban J connectivity index is 1.84. The molecule has 1 heterocycles. The van der Waals surface area contributed by atoms with Crippen LogP contribution in [0.15, 0.2) is 30.3 Å². The van der Waals surface area contributed by atoms with Gasteiger partial charge in [0.05, 0.1) is 0 Å². The van der Waals surface area contributed by atoms with E-state index in [-0.39, 0.29) is 0 Å². The van der Waals surface area contributed by atoms with E-state index < -0.39 is 0 Å². The Morgan fingerprint density at radius 2 is 1.87 bits per heavy atom. The minimum Gasteiger partial charge on any atom is -0.299 e. The highest BCUT2D eigenvalue weighted by Crippen LogP contribution is 2.57. The lowest BCUT2D eigenvalue weighted by Gasteiger charge is -2.37. The van der Waals surface area contributed by atoms with Gasteiger partial charge in [0, 0.05) is 6.04 Å². The molecule has 0 unspecified atom stereocenters. The van der Waals surface area contributed by atoms with Crippen LogP contribution in [-0.2, 0) is 0 Å². The average molecular weight is 201 g/mol. The summed E-state index contributed by atoms with van der Waals surface area (Å²) in [4.78, 5) is 2.53. The molecule has 2 aliphatic rings. The van der Waals surface area contributed by atoms with Crippen LogP contribution in [0, 0.1) is 5.41 Å². The molecule has 1 spiro atoms. The van der Waals surface area contributed by atoms with Crippen LogP contribution in [0.25, 0.3) is 0 Å². The number of rotatable bonds is 1. The number of hydrogen-bond donors (Lipinski definition) is 0. The number of piperidine rings is 1. The first kappa shape index (κ1) is 9.41. The third kappa shape index (κ3) is 1.69. The fraction of sp³-hybridized carbons (Fsp3) is 0.571. The summed E-state index contributed by atoms with van der Waals surface area (Å²) in [6, 6.07) is 11.7. The molecule has 1 atom stereocenters. The van der Waals surface area contributed by atoms with Gasteiger partial charge in [-0.1, -0.05) is 30.3 Å². The van der Waals surface area contributed by atoms with Gasteiger partial charge in [-0.15, -0.1) is 0 Å². The number of benzene rings is 1. The van der Waals surface area contributed by atoms with Crippen LogP contribution in [0.4, 0.5) is 0 Å². The lowest BCUT2D eigenvalue weighted by atomic mass is 9.85. The van der Waals surface area contributed by atoms with Gasteiger partial charge in [-0.25, -0.2) is 0 Å². The summed E-state index contributed by atoms with van der Waals surface area (Å²) in [5.74, 6) is 0. The van der Waals surface area contributed by atoms with Crippen molar-refractivity contribution in [1.29, 1.82) is 0 Å². The van der Waals surface area contributed by atoms with Crippen molar-refractivity contribution in [2.45, 2.75) is 31.7 Å². The van der Waals surface area contributed by atoms with E-state index in [0.29, 0.717) is 6.04 Å². The Bertz CT molecular complexity index is 340. The molecule has 1 saturated heterocycles. The van der Waals surface area contributed by atoms with E-state index in [2.05, 4.69) is 42.3 Å². The van der Waals surface area contributed by atoms with Crippen molar-refractivity contribution in [2.24, 2.45) is 5.41 Å². The lowest BCUT2D eigenvalue weighted by molar-refractivity contribution is 0.130. The number of hydrogen-bond acceptors (Lipinski definition) is 1. The van der Waals surface area contributed by atoms with E-state index >= 15 is 0 Å². The van der Waals surface area contributed by atoms with E-state index in [1.807, 2.05) is 0 Å². The maximum absolute atomic E-state index is 2.53. The fourth-order valence-corrected chi connectivity index (χ4v) is 2.92. The SMILES string of the molecule is CN1CCC2(CC2)C[C@H]1c1ccccc1. The Morgan fingerprint density at radius 3 is 2.53 bits per heavy atom. The molecule has 1 nitrogen and oxygen atoms in total. The molecule has 80 valence electrons. The van der Waals surface area contributed by atoms with Crippen LogP contribution in [-0.4, -0.2) is 18.5 Å². The highest BCUT2D eigenvalue weighted by atomic mass is 15.1. The summed E-state index contributed by atoms with van der Waals surface area (Å²) < 4.78 is 0. The van der Waals surface area contributed by atoms with E-state index in [1.165, 1.54) is 37.8 Å². The molecule has 3 rings (SSSR count). The van der Waals surface area contributed by atoms with Crippen LogP contribution in [0.2, 0.25) is 0 Å². The summed E-state index contributed by atoms with van der Waals surface area (Å²) in [6.45, 7) is 1.28. The normalized spacial score (nSPS) is 29.3. The highest BCUT2D eigenvalue weighted by Gasteiger charge is 2.47. The summed E-state index contributed by atoms with van der Waals surface area (Å²) >= 11 is 0. The van der Waals surface area contributed by atoms with Gasteiger partial charge in [-0.2, -0.15) is 0 Å². The topological polar surface area (TPSA) is 3.24 Å². The van der Waals surface area contributed by atoms with Gasteiger partial charge < -0.3 is 0 Å². The summed E-state index contributed by atoms with van der Waals surface area (Å²) in [5, 5.41) is 0. The third-order valence-corrected chi connectivity index (χ3v) is 4.29. The van der Waals surface area contributed by atoms with Crippen molar-refractivity contribution in [3.8, 4) is 0 Å². The first-order valence-electron chi connectivity index (χ1n) is 6.04. The molecule has 2 fully saturated rings. The number of likely N-dealkylation sites (tertiary alicyclic amines) is 1. The van der Waals surface area contributed by atoms with Gasteiger partial charge in [-0.05, 0) is 50.3 Å².